The number of aromatic nitrogens is 1. The van der Waals surface area contributed by atoms with Crippen molar-refractivity contribution in [2.45, 2.75) is 64.2 Å². The second-order valence-electron chi connectivity index (χ2n) is 10.2. The van der Waals surface area contributed by atoms with E-state index in [1.165, 1.54) is 18.6 Å². The van der Waals surface area contributed by atoms with Gasteiger partial charge in [0.1, 0.15) is 17.7 Å². The van der Waals surface area contributed by atoms with E-state index in [1.807, 2.05) is 13.0 Å². The number of nitrogens with zero attached hydrogens (tertiary/aromatic N) is 1. The standard InChI is InChI=1S/C28H30ClFN2O3/c1-16-24(27(33)34-17(2)18-7-9-20(30)10-8-18)25-21-14-19-6-5-13-32-12-4-3-11-28(19,32)35-26(21)22(29)15-23(25)31-16/h7-10,15,17,19,31H,3-6,11-14H2,1-2H3. The zero-order chi connectivity index (χ0) is 24.3. The third-order valence-electron chi connectivity index (χ3n) is 8.20. The number of piperidine rings is 2. The van der Waals surface area contributed by atoms with Gasteiger partial charge in [0.05, 0.1) is 10.6 Å². The summed E-state index contributed by atoms with van der Waals surface area (Å²) in [5.74, 6) is 0.352. The van der Waals surface area contributed by atoms with Crippen molar-refractivity contribution in [3.05, 3.63) is 63.6 Å². The molecule has 2 fully saturated rings. The number of carbonyl (C=O) groups excluding carboxylic acids is 1. The number of fused-ring (bicyclic) bond motifs is 3. The highest BCUT2D eigenvalue weighted by molar-refractivity contribution is 6.33. The lowest BCUT2D eigenvalue weighted by atomic mass is 9.74. The van der Waals surface area contributed by atoms with Crippen molar-refractivity contribution in [3.63, 3.8) is 0 Å². The molecule has 1 aromatic heterocycles. The van der Waals surface area contributed by atoms with Crippen LogP contribution in [-0.4, -0.2) is 34.7 Å². The van der Waals surface area contributed by atoms with Crippen LogP contribution in [0.4, 0.5) is 4.39 Å². The molecule has 1 N–H and O–H groups in total. The summed E-state index contributed by atoms with van der Waals surface area (Å²) in [4.78, 5) is 19.3. The van der Waals surface area contributed by atoms with Crippen molar-refractivity contribution < 1.29 is 18.7 Å². The molecular formula is C28H30ClFN2O3. The Balaban J connectivity index is 1.41. The molecule has 0 bridgehead atoms. The van der Waals surface area contributed by atoms with Gasteiger partial charge in [-0.3, -0.25) is 4.90 Å². The van der Waals surface area contributed by atoms with Gasteiger partial charge in [0, 0.05) is 47.6 Å². The molecule has 3 atom stereocenters. The molecule has 35 heavy (non-hydrogen) atoms. The number of halogens is 2. The number of benzene rings is 2. The summed E-state index contributed by atoms with van der Waals surface area (Å²) in [5, 5.41) is 1.43. The highest BCUT2D eigenvalue weighted by atomic mass is 35.5. The predicted molar refractivity (Wildman–Crippen MR) is 133 cm³/mol. The van der Waals surface area contributed by atoms with Crippen molar-refractivity contribution in [2.24, 2.45) is 5.92 Å². The fourth-order valence-corrected chi connectivity index (χ4v) is 6.79. The zero-order valence-corrected chi connectivity index (χ0v) is 20.9. The van der Waals surface area contributed by atoms with E-state index >= 15 is 0 Å². The zero-order valence-electron chi connectivity index (χ0n) is 20.1. The van der Waals surface area contributed by atoms with E-state index in [0.29, 0.717) is 22.3 Å². The number of esters is 1. The van der Waals surface area contributed by atoms with Gasteiger partial charge in [0.25, 0.3) is 0 Å². The van der Waals surface area contributed by atoms with E-state index in [-0.39, 0.29) is 11.5 Å². The van der Waals surface area contributed by atoms with E-state index in [0.717, 1.165) is 72.9 Å². The van der Waals surface area contributed by atoms with Gasteiger partial charge in [-0.15, -0.1) is 0 Å². The molecule has 3 unspecified atom stereocenters. The first-order valence-corrected chi connectivity index (χ1v) is 13.0. The summed E-state index contributed by atoms with van der Waals surface area (Å²) in [6.07, 6.45) is 5.96. The van der Waals surface area contributed by atoms with E-state index < -0.39 is 12.1 Å². The minimum Gasteiger partial charge on any atom is -0.470 e. The second-order valence-corrected chi connectivity index (χ2v) is 10.7. The molecule has 2 saturated heterocycles. The molecule has 5 nitrogen and oxygen atoms in total. The predicted octanol–water partition coefficient (Wildman–Crippen LogP) is 6.71. The van der Waals surface area contributed by atoms with E-state index in [4.69, 9.17) is 21.1 Å². The molecule has 3 aromatic rings. The van der Waals surface area contributed by atoms with Crippen LogP contribution < -0.4 is 4.74 Å². The maximum absolute atomic E-state index is 13.5. The summed E-state index contributed by atoms with van der Waals surface area (Å²) >= 11 is 6.79. The lowest BCUT2D eigenvalue weighted by Gasteiger charge is -2.56. The SMILES string of the molecule is Cc1[nH]c2cc(Cl)c3c(c2c1C(=O)OC(C)c1ccc(F)cc1)CC1CCCN2CCCCC12O3. The topological polar surface area (TPSA) is 54.6 Å². The van der Waals surface area contributed by atoms with Gasteiger partial charge in [-0.25, -0.2) is 9.18 Å². The number of H-pyrrole nitrogens is 1. The fraction of sp³-hybridized carbons (Fsp3) is 0.464. The average molecular weight is 497 g/mol. The number of nitrogens with one attached hydrogen (secondary N) is 1. The van der Waals surface area contributed by atoms with Crippen LogP contribution in [0.25, 0.3) is 10.9 Å². The Bertz CT molecular complexity index is 1300. The Labute approximate surface area is 209 Å². The Hall–Kier alpha value is -2.57. The second kappa shape index (κ2) is 8.52. The fourth-order valence-electron chi connectivity index (χ4n) is 6.53. The Morgan fingerprint density at radius 3 is 2.83 bits per heavy atom. The van der Waals surface area contributed by atoms with Crippen LogP contribution >= 0.6 is 11.6 Å². The largest absolute Gasteiger partial charge is 0.470 e. The van der Waals surface area contributed by atoms with E-state index in [1.54, 1.807) is 19.1 Å². The summed E-state index contributed by atoms with van der Waals surface area (Å²) < 4.78 is 26.1. The van der Waals surface area contributed by atoms with Crippen LogP contribution in [0.15, 0.2) is 30.3 Å². The smallest absolute Gasteiger partial charge is 0.341 e. The minimum absolute atomic E-state index is 0.288. The first kappa shape index (κ1) is 22.9. The van der Waals surface area contributed by atoms with Crippen LogP contribution in [-0.2, 0) is 11.2 Å². The molecular weight excluding hydrogens is 467 g/mol. The Morgan fingerprint density at radius 1 is 1.26 bits per heavy atom. The molecule has 3 aliphatic heterocycles. The minimum atomic E-state index is -0.510. The van der Waals surface area contributed by atoms with Crippen LogP contribution in [0.3, 0.4) is 0 Å². The molecule has 184 valence electrons. The maximum atomic E-state index is 13.5. The van der Waals surface area contributed by atoms with Crippen LogP contribution in [0.2, 0.25) is 5.02 Å². The summed E-state index contributed by atoms with van der Waals surface area (Å²) in [6, 6.07) is 7.91. The molecule has 1 spiro atoms. The highest BCUT2D eigenvalue weighted by Gasteiger charge is 2.52. The Kier molecular flexibility index (Phi) is 5.57. The van der Waals surface area contributed by atoms with Gasteiger partial charge in [-0.2, -0.15) is 0 Å². The number of carbonyl (C=O) groups is 1. The van der Waals surface area contributed by atoms with Crippen LogP contribution in [0.1, 0.15) is 72.3 Å². The first-order valence-electron chi connectivity index (χ1n) is 12.6. The molecule has 0 amide bonds. The number of hydrogen-bond donors (Lipinski definition) is 1. The molecule has 4 heterocycles. The van der Waals surface area contributed by atoms with E-state index in [2.05, 4.69) is 9.88 Å². The van der Waals surface area contributed by atoms with Crippen molar-refractivity contribution in [2.75, 3.05) is 13.1 Å². The normalized spacial score (nSPS) is 24.7. The monoisotopic (exact) mass is 496 g/mol. The lowest BCUT2D eigenvalue weighted by Crippen LogP contribution is -2.64. The molecule has 3 aliphatic rings. The maximum Gasteiger partial charge on any atom is 0.341 e. The summed E-state index contributed by atoms with van der Waals surface area (Å²) in [5.41, 5.74) is 3.54. The summed E-state index contributed by atoms with van der Waals surface area (Å²) in [6.45, 7) is 5.81. The molecule has 7 heteroatoms. The number of rotatable bonds is 3. The van der Waals surface area contributed by atoms with Crippen molar-refractivity contribution >= 4 is 28.5 Å². The average Bonchev–Trinajstić information content (AvgIpc) is 3.18. The molecule has 2 aromatic carbocycles. The Morgan fingerprint density at radius 2 is 2.03 bits per heavy atom. The molecule has 0 aliphatic carbocycles. The molecule has 6 rings (SSSR count). The summed E-state index contributed by atoms with van der Waals surface area (Å²) in [7, 11) is 0. The van der Waals surface area contributed by atoms with Gasteiger partial charge >= 0.3 is 5.97 Å². The quantitative estimate of drug-likeness (QED) is 0.409. The van der Waals surface area contributed by atoms with Crippen molar-refractivity contribution in [1.29, 1.82) is 0 Å². The number of aromatic amines is 1. The number of ether oxygens (including phenoxy) is 2. The first-order chi connectivity index (χ1) is 16.9. The number of hydrogen-bond acceptors (Lipinski definition) is 4. The lowest BCUT2D eigenvalue weighted by molar-refractivity contribution is -0.177. The highest BCUT2D eigenvalue weighted by Crippen LogP contribution is 2.52. The van der Waals surface area contributed by atoms with Crippen LogP contribution in [0, 0.1) is 18.7 Å². The van der Waals surface area contributed by atoms with Gasteiger partial charge in [0.2, 0.25) is 0 Å². The van der Waals surface area contributed by atoms with Gasteiger partial charge in [0.15, 0.2) is 5.72 Å². The van der Waals surface area contributed by atoms with Gasteiger partial charge < -0.3 is 14.5 Å². The van der Waals surface area contributed by atoms with Gasteiger partial charge in [-0.05, 0) is 69.7 Å². The van der Waals surface area contributed by atoms with Crippen molar-refractivity contribution in [1.82, 2.24) is 9.88 Å². The molecule has 0 saturated carbocycles. The number of aryl methyl sites for hydroxylation is 1. The molecule has 0 radical (unpaired) electrons. The third-order valence-corrected chi connectivity index (χ3v) is 8.48. The van der Waals surface area contributed by atoms with Crippen molar-refractivity contribution in [3.8, 4) is 5.75 Å². The van der Waals surface area contributed by atoms with Gasteiger partial charge in [-0.1, -0.05) is 23.7 Å². The van der Waals surface area contributed by atoms with E-state index in [9.17, 15) is 9.18 Å². The third kappa shape index (κ3) is 3.64. The van der Waals surface area contributed by atoms with Crippen LogP contribution in [0.5, 0.6) is 5.75 Å².